The molecule has 0 aromatic heterocycles. The van der Waals surface area contributed by atoms with Crippen LogP contribution >= 0.6 is 0 Å². The highest BCUT2D eigenvalue weighted by Gasteiger charge is 2.35. The molecule has 1 N–H and O–H groups in total. The first kappa shape index (κ1) is 27.5. The molecule has 194 valence electrons. The summed E-state index contributed by atoms with van der Waals surface area (Å²) in [5.74, 6) is 2.05. The number of hydrogen-bond acceptors (Lipinski definition) is 4. The van der Waals surface area contributed by atoms with Crippen LogP contribution in [0.4, 0.5) is 0 Å². The summed E-state index contributed by atoms with van der Waals surface area (Å²) in [6, 6.07) is 2.13. The predicted octanol–water partition coefficient (Wildman–Crippen LogP) is 7.42. The van der Waals surface area contributed by atoms with Gasteiger partial charge in [-0.25, -0.2) is 0 Å². The zero-order chi connectivity index (χ0) is 25.4. The molecule has 35 heavy (non-hydrogen) atoms. The van der Waals surface area contributed by atoms with Crippen LogP contribution in [0.5, 0.6) is 11.5 Å². The highest BCUT2D eigenvalue weighted by atomic mass is 16.5. The van der Waals surface area contributed by atoms with Gasteiger partial charge in [0.15, 0.2) is 0 Å². The minimum atomic E-state index is -0.134. The van der Waals surface area contributed by atoms with Crippen LogP contribution < -0.4 is 9.47 Å². The molecule has 1 aromatic carbocycles. The van der Waals surface area contributed by atoms with Crippen LogP contribution in [0.15, 0.2) is 41.0 Å². The van der Waals surface area contributed by atoms with Crippen molar-refractivity contribution < 1.29 is 14.6 Å². The Morgan fingerprint density at radius 2 is 1.71 bits per heavy atom. The van der Waals surface area contributed by atoms with E-state index in [-0.39, 0.29) is 12.2 Å². The Balaban J connectivity index is 1.53. The molecule has 0 spiro atoms. The van der Waals surface area contributed by atoms with Crippen LogP contribution in [0.3, 0.4) is 0 Å². The standard InChI is InChI=1S/C31H47NO3/c1-23(2)10-7-11-24(3)12-8-13-25(4)14-9-16-31(6)17-15-27-28-21-32(18-19-33)22-34-29(28)20-26(5)30(27)35-31/h10,12,14,20,33H,7-9,11,13,15-19,21-22H2,1-6H3/t31-/m1/s1. The number of nitrogens with zero attached hydrogens (tertiary/aromatic N) is 1. The van der Waals surface area contributed by atoms with E-state index < -0.39 is 0 Å². The van der Waals surface area contributed by atoms with Crippen molar-refractivity contribution in [2.45, 2.75) is 105 Å². The van der Waals surface area contributed by atoms with E-state index in [1.165, 1.54) is 39.8 Å². The van der Waals surface area contributed by atoms with Crippen molar-refractivity contribution in [2.75, 3.05) is 19.9 Å². The van der Waals surface area contributed by atoms with Crippen molar-refractivity contribution in [1.82, 2.24) is 4.90 Å². The highest BCUT2D eigenvalue weighted by Crippen LogP contribution is 2.44. The molecular weight excluding hydrogens is 434 g/mol. The summed E-state index contributed by atoms with van der Waals surface area (Å²) in [6.07, 6.45) is 15.9. The summed E-state index contributed by atoms with van der Waals surface area (Å²) in [5.41, 5.74) is 7.96. The number of ether oxygens (including phenoxy) is 2. The fourth-order valence-corrected chi connectivity index (χ4v) is 5.12. The largest absolute Gasteiger partial charge is 0.487 e. The van der Waals surface area contributed by atoms with Crippen molar-refractivity contribution in [3.8, 4) is 11.5 Å². The zero-order valence-corrected chi connectivity index (χ0v) is 23.0. The van der Waals surface area contributed by atoms with Gasteiger partial charge in [-0.1, -0.05) is 34.9 Å². The molecule has 0 radical (unpaired) electrons. The summed E-state index contributed by atoms with van der Waals surface area (Å²) >= 11 is 0. The quantitative estimate of drug-likeness (QED) is 0.334. The number of hydrogen-bond donors (Lipinski definition) is 1. The summed E-state index contributed by atoms with van der Waals surface area (Å²) in [7, 11) is 0. The van der Waals surface area contributed by atoms with Crippen molar-refractivity contribution in [1.29, 1.82) is 0 Å². The predicted molar refractivity (Wildman–Crippen MR) is 146 cm³/mol. The maximum atomic E-state index is 9.33. The van der Waals surface area contributed by atoms with Gasteiger partial charge in [-0.3, -0.25) is 4.90 Å². The molecule has 4 heteroatoms. The van der Waals surface area contributed by atoms with E-state index in [2.05, 4.69) is 70.7 Å². The summed E-state index contributed by atoms with van der Waals surface area (Å²) in [6.45, 7) is 15.4. The van der Waals surface area contributed by atoms with Gasteiger partial charge in [-0.05, 0) is 105 Å². The first-order valence-corrected chi connectivity index (χ1v) is 13.5. The molecule has 1 atom stereocenters. The molecule has 0 saturated heterocycles. The fraction of sp³-hybridized carbons (Fsp3) is 0.613. The molecule has 0 saturated carbocycles. The maximum absolute atomic E-state index is 9.33. The molecule has 0 fully saturated rings. The number of aryl methyl sites for hydroxylation is 1. The normalized spacial score (nSPS) is 20.5. The SMILES string of the molecule is CC(C)=CCCC(C)=CCCC(C)=CCC[C@]1(C)CCc2c3c(cc(C)c2O1)OCN(CCO)C3. The molecule has 0 unspecified atom stereocenters. The highest BCUT2D eigenvalue weighted by molar-refractivity contribution is 5.55. The van der Waals surface area contributed by atoms with Gasteiger partial charge < -0.3 is 14.6 Å². The third-order valence-electron chi connectivity index (χ3n) is 7.38. The molecule has 4 nitrogen and oxygen atoms in total. The Kier molecular flexibility index (Phi) is 10.1. The van der Waals surface area contributed by atoms with Gasteiger partial charge in [-0.2, -0.15) is 0 Å². The number of aliphatic hydroxyl groups excluding tert-OH is 1. The van der Waals surface area contributed by atoms with E-state index in [0.717, 1.165) is 63.0 Å². The summed E-state index contributed by atoms with van der Waals surface area (Å²) in [4.78, 5) is 2.15. The third-order valence-corrected chi connectivity index (χ3v) is 7.38. The monoisotopic (exact) mass is 481 g/mol. The molecule has 0 bridgehead atoms. The van der Waals surface area contributed by atoms with Crippen molar-refractivity contribution in [3.05, 3.63) is 57.7 Å². The lowest BCUT2D eigenvalue weighted by Gasteiger charge is -2.39. The lowest BCUT2D eigenvalue weighted by Crippen LogP contribution is -2.39. The Morgan fingerprint density at radius 1 is 1.03 bits per heavy atom. The van der Waals surface area contributed by atoms with Gasteiger partial charge in [0.2, 0.25) is 0 Å². The lowest BCUT2D eigenvalue weighted by molar-refractivity contribution is 0.0509. The second-order valence-corrected chi connectivity index (χ2v) is 11.1. The third kappa shape index (κ3) is 7.98. The first-order chi connectivity index (χ1) is 16.7. The van der Waals surface area contributed by atoms with Gasteiger partial charge in [0, 0.05) is 24.2 Å². The molecule has 2 aliphatic heterocycles. The molecule has 1 aromatic rings. The topological polar surface area (TPSA) is 41.9 Å². The van der Waals surface area contributed by atoms with E-state index >= 15 is 0 Å². The van der Waals surface area contributed by atoms with Gasteiger partial charge in [0.1, 0.15) is 23.8 Å². The molecular formula is C31H47NO3. The van der Waals surface area contributed by atoms with E-state index in [4.69, 9.17) is 9.47 Å². The van der Waals surface area contributed by atoms with Crippen LogP contribution in [0.2, 0.25) is 0 Å². The van der Waals surface area contributed by atoms with Crippen molar-refractivity contribution in [3.63, 3.8) is 0 Å². The molecule has 3 rings (SSSR count). The van der Waals surface area contributed by atoms with Gasteiger partial charge in [0.25, 0.3) is 0 Å². The number of rotatable bonds is 11. The molecule has 2 aliphatic rings. The average molecular weight is 482 g/mol. The van der Waals surface area contributed by atoms with Gasteiger partial charge in [-0.15, -0.1) is 0 Å². The lowest BCUT2D eigenvalue weighted by atomic mass is 9.85. The average Bonchev–Trinajstić information content (AvgIpc) is 2.79. The minimum absolute atomic E-state index is 0.134. The number of allylic oxidation sites excluding steroid dienone is 6. The van der Waals surface area contributed by atoms with E-state index in [9.17, 15) is 5.11 Å². The zero-order valence-electron chi connectivity index (χ0n) is 23.0. The van der Waals surface area contributed by atoms with Gasteiger partial charge >= 0.3 is 0 Å². The van der Waals surface area contributed by atoms with E-state index in [1.807, 2.05) is 0 Å². The number of benzene rings is 1. The van der Waals surface area contributed by atoms with E-state index in [1.54, 1.807) is 0 Å². The Labute approximate surface area is 213 Å². The summed E-state index contributed by atoms with van der Waals surface area (Å²) < 4.78 is 12.7. The minimum Gasteiger partial charge on any atom is -0.487 e. The molecule has 0 aliphatic carbocycles. The first-order valence-electron chi connectivity index (χ1n) is 13.5. The molecule has 2 heterocycles. The second-order valence-electron chi connectivity index (χ2n) is 11.1. The Morgan fingerprint density at radius 3 is 2.40 bits per heavy atom. The molecule has 0 amide bonds. The van der Waals surface area contributed by atoms with Crippen molar-refractivity contribution >= 4 is 0 Å². The van der Waals surface area contributed by atoms with Crippen LogP contribution in [-0.4, -0.2) is 35.5 Å². The van der Waals surface area contributed by atoms with Crippen LogP contribution in [0.1, 0.15) is 96.3 Å². The Bertz CT molecular complexity index is 954. The van der Waals surface area contributed by atoms with Crippen LogP contribution in [-0.2, 0) is 13.0 Å². The van der Waals surface area contributed by atoms with Crippen LogP contribution in [0, 0.1) is 6.92 Å². The number of aliphatic hydroxyl groups is 1. The maximum Gasteiger partial charge on any atom is 0.142 e. The number of β-amino-alcohol motifs (C(OH)–C–C–N with tert-alkyl or cyclic N) is 1. The van der Waals surface area contributed by atoms with E-state index in [0.29, 0.717) is 13.3 Å². The number of fused-ring (bicyclic) bond motifs is 3. The van der Waals surface area contributed by atoms with Gasteiger partial charge in [0.05, 0.1) is 6.61 Å². The second kappa shape index (κ2) is 12.8. The van der Waals surface area contributed by atoms with Crippen molar-refractivity contribution in [2.24, 2.45) is 0 Å². The smallest absolute Gasteiger partial charge is 0.142 e. The van der Waals surface area contributed by atoms with Crippen LogP contribution in [0.25, 0.3) is 0 Å². The Hall–Kier alpha value is -2.04. The fourth-order valence-electron chi connectivity index (χ4n) is 5.12. The summed E-state index contributed by atoms with van der Waals surface area (Å²) in [5, 5.41) is 9.33.